The fraction of sp³-hybridized carbons (Fsp3) is 0.353. The maximum absolute atomic E-state index is 11.3. The fourth-order valence-electron chi connectivity index (χ4n) is 6.30. The van der Waals surface area contributed by atoms with Crippen molar-refractivity contribution >= 4 is 27.8 Å². The molecule has 0 saturated heterocycles. The molecule has 2 aliphatic rings. The van der Waals surface area contributed by atoms with Gasteiger partial charge in [0, 0.05) is 27.6 Å². The maximum Gasteiger partial charge on any atom is 0.258 e. The Morgan fingerprint density at radius 1 is 0.569 bits per heavy atom. The number of fused-ring (bicyclic) bond motifs is 4. The summed E-state index contributed by atoms with van der Waals surface area (Å²) in [5, 5.41) is 2.39. The van der Waals surface area contributed by atoms with Gasteiger partial charge in [-0.3, -0.25) is 9.59 Å². The van der Waals surface area contributed by atoms with Gasteiger partial charge in [0.1, 0.15) is 17.2 Å². The third-order valence-electron chi connectivity index (χ3n) is 8.42. The fourth-order valence-corrected chi connectivity index (χ4v) is 6.30. The first-order valence-electron chi connectivity index (χ1n) is 20.7. The zero-order valence-corrected chi connectivity index (χ0v) is 38.0. The zero-order chi connectivity index (χ0) is 44.1. The van der Waals surface area contributed by atoms with Gasteiger partial charge in [-0.2, -0.15) is 0 Å². The van der Waals surface area contributed by atoms with Crippen LogP contribution in [0.15, 0.2) is 130 Å². The summed E-state index contributed by atoms with van der Waals surface area (Å²) in [6.45, 7) is 32.3. The molecule has 4 aromatic carbocycles. The minimum absolute atomic E-state index is 0.00870. The molecule has 0 radical (unpaired) electrons. The summed E-state index contributed by atoms with van der Waals surface area (Å²) in [5.41, 5.74) is 5.28. The molecule has 0 saturated carbocycles. The summed E-state index contributed by atoms with van der Waals surface area (Å²) in [6, 6.07) is 33.4. The lowest BCUT2D eigenvalue weighted by atomic mass is 9.82. The number of nitrogens with zero attached hydrogens (tertiary/aromatic N) is 1. The van der Waals surface area contributed by atoms with Crippen molar-refractivity contribution in [3.05, 3.63) is 170 Å². The van der Waals surface area contributed by atoms with E-state index < -0.39 is 0 Å². The van der Waals surface area contributed by atoms with Gasteiger partial charge >= 0.3 is 0 Å². The van der Waals surface area contributed by atoms with E-state index in [-0.39, 0.29) is 22.1 Å². The number of aryl methyl sites for hydroxylation is 2. The average molecular weight is 788 g/mol. The van der Waals surface area contributed by atoms with Crippen molar-refractivity contribution in [1.82, 2.24) is 15.0 Å². The first-order chi connectivity index (χ1) is 27.7. The largest absolute Gasteiger partial charge is 0.488 e. The number of hydrogen-bond donors (Lipinski definition) is 2. The summed E-state index contributed by atoms with van der Waals surface area (Å²) in [6.07, 6.45) is 4.25. The van der Waals surface area contributed by atoms with Gasteiger partial charge in [-0.15, -0.1) is 0 Å². The number of hydrogen-bond acceptors (Lipinski definition) is 5. The van der Waals surface area contributed by atoms with E-state index in [2.05, 4.69) is 91.2 Å². The van der Waals surface area contributed by atoms with E-state index >= 15 is 0 Å². The summed E-state index contributed by atoms with van der Waals surface area (Å²) in [5.74, 6) is 3.62. The lowest BCUT2D eigenvalue weighted by Crippen LogP contribution is -2.24. The number of aromatic nitrogens is 3. The predicted octanol–water partition coefficient (Wildman–Crippen LogP) is 13.7. The number of para-hydroxylation sites is 2. The first kappa shape index (κ1) is 50.3. The van der Waals surface area contributed by atoms with Crippen LogP contribution in [0.1, 0.15) is 125 Å². The highest BCUT2D eigenvalue weighted by Crippen LogP contribution is 2.38. The Balaban J connectivity index is 0.000000365. The molecule has 2 aliphatic heterocycles. The van der Waals surface area contributed by atoms with Gasteiger partial charge in [0.2, 0.25) is 0 Å². The van der Waals surface area contributed by atoms with E-state index in [4.69, 9.17) is 9.47 Å². The van der Waals surface area contributed by atoms with Crippen molar-refractivity contribution in [3.63, 3.8) is 0 Å². The number of pyridine rings is 1. The van der Waals surface area contributed by atoms with E-state index in [1.165, 1.54) is 16.7 Å². The SMILES string of the molecule is CC.CC.CC.CC.CC1=CC(C)(C)c2ccccc2O1.CC1=Cc2ccccc2C(C)(C)O1.Cc1cc2ccccc2c(=O)[nH]1.Cc1nc2ccccc2c(=O)[nH]1. The molecule has 0 atom stereocenters. The minimum Gasteiger partial charge on any atom is -0.488 e. The van der Waals surface area contributed by atoms with E-state index in [1.807, 2.05) is 137 Å². The molecule has 6 aromatic rings. The molecule has 4 heterocycles. The van der Waals surface area contributed by atoms with Crippen molar-refractivity contribution in [2.24, 2.45) is 0 Å². The molecule has 8 rings (SSSR count). The second-order valence-corrected chi connectivity index (χ2v) is 13.6. The smallest absolute Gasteiger partial charge is 0.258 e. The van der Waals surface area contributed by atoms with E-state index in [1.54, 1.807) is 13.0 Å². The van der Waals surface area contributed by atoms with E-state index in [0.717, 1.165) is 39.3 Å². The number of allylic oxidation sites excluding steroid dienone is 3. The highest BCUT2D eigenvalue weighted by molar-refractivity contribution is 5.81. The van der Waals surface area contributed by atoms with Crippen LogP contribution < -0.4 is 15.9 Å². The second kappa shape index (κ2) is 24.8. The number of ether oxygens (including phenoxy) is 2. The second-order valence-electron chi connectivity index (χ2n) is 13.6. The summed E-state index contributed by atoms with van der Waals surface area (Å²) >= 11 is 0. The number of benzene rings is 4. The highest BCUT2D eigenvalue weighted by Gasteiger charge is 2.28. The Labute approximate surface area is 348 Å². The van der Waals surface area contributed by atoms with Crippen LogP contribution in [0.3, 0.4) is 0 Å². The molecule has 0 bridgehead atoms. The van der Waals surface area contributed by atoms with Crippen molar-refractivity contribution in [1.29, 1.82) is 0 Å². The van der Waals surface area contributed by atoms with Gasteiger partial charge in [0.15, 0.2) is 0 Å². The predicted molar refractivity (Wildman–Crippen MR) is 250 cm³/mol. The van der Waals surface area contributed by atoms with Gasteiger partial charge in [-0.1, -0.05) is 142 Å². The highest BCUT2D eigenvalue weighted by atomic mass is 16.5. The zero-order valence-electron chi connectivity index (χ0n) is 38.0. The number of nitrogens with one attached hydrogen (secondary N) is 2. The van der Waals surface area contributed by atoms with Crippen LogP contribution in [0.25, 0.3) is 27.8 Å². The van der Waals surface area contributed by atoms with Crippen LogP contribution in [-0.4, -0.2) is 15.0 Å². The van der Waals surface area contributed by atoms with Crippen molar-refractivity contribution in [2.75, 3.05) is 0 Å². The third-order valence-corrected chi connectivity index (χ3v) is 8.42. The van der Waals surface area contributed by atoms with Crippen LogP contribution in [-0.2, 0) is 15.8 Å². The molecule has 58 heavy (non-hydrogen) atoms. The van der Waals surface area contributed by atoms with E-state index in [0.29, 0.717) is 11.2 Å². The van der Waals surface area contributed by atoms with E-state index in [9.17, 15) is 9.59 Å². The minimum atomic E-state index is -0.185. The Morgan fingerprint density at radius 2 is 1.09 bits per heavy atom. The van der Waals surface area contributed by atoms with Crippen LogP contribution >= 0.6 is 0 Å². The van der Waals surface area contributed by atoms with Crippen molar-refractivity contribution in [3.8, 4) is 5.75 Å². The molecule has 7 nitrogen and oxygen atoms in total. The Morgan fingerprint density at radius 3 is 1.74 bits per heavy atom. The Hall–Kier alpha value is -5.69. The monoisotopic (exact) mass is 788 g/mol. The average Bonchev–Trinajstić information content (AvgIpc) is 3.21. The molecular weight excluding hydrogens is 719 g/mol. The lowest BCUT2D eigenvalue weighted by Gasteiger charge is -2.32. The van der Waals surface area contributed by atoms with Gasteiger partial charge in [0.25, 0.3) is 11.1 Å². The Bertz CT molecular complexity index is 2240. The molecule has 7 heteroatoms. The first-order valence-corrected chi connectivity index (χ1v) is 20.7. The van der Waals surface area contributed by atoms with Crippen LogP contribution in [0.2, 0.25) is 0 Å². The van der Waals surface area contributed by atoms with Crippen LogP contribution in [0, 0.1) is 13.8 Å². The number of aromatic amines is 2. The molecule has 0 fully saturated rings. The van der Waals surface area contributed by atoms with Gasteiger partial charge in [-0.25, -0.2) is 4.98 Å². The lowest BCUT2D eigenvalue weighted by molar-refractivity contribution is 0.0308. The number of rotatable bonds is 0. The van der Waals surface area contributed by atoms with Gasteiger partial charge < -0.3 is 19.4 Å². The van der Waals surface area contributed by atoms with Crippen molar-refractivity contribution in [2.45, 2.75) is 122 Å². The topological polar surface area (TPSA) is 97.1 Å². The Kier molecular flexibility index (Phi) is 21.6. The summed E-state index contributed by atoms with van der Waals surface area (Å²) in [4.78, 5) is 32.2. The molecular formula is C51H69N3O4. The molecule has 0 spiro atoms. The molecule has 2 aromatic heterocycles. The molecule has 0 amide bonds. The van der Waals surface area contributed by atoms with Crippen LogP contribution in [0.5, 0.6) is 5.75 Å². The third kappa shape index (κ3) is 14.4. The molecule has 0 unspecified atom stereocenters. The van der Waals surface area contributed by atoms with Gasteiger partial charge in [0.05, 0.1) is 22.4 Å². The molecule has 312 valence electrons. The summed E-state index contributed by atoms with van der Waals surface area (Å²) < 4.78 is 11.4. The molecule has 0 aliphatic carbocycles. The van der Waals surface area contributed by atoms with Crippen LogP contribution in [0.4, 0.5) is 0 Å². The maximum atomic E-state index is 11.3. The standard InChI is InChI=1S/2C12H14O.C10H9NO.C9H8N2O.4C2H6/c1-9-8-12(2,3)10-6-4-5-7-11(10)13-9;1-9-8-10-6-4-5-7-11(10)12(2,3)13-9;1-7-6-8-4-2-3-5-9(8)10(12)11-7;1-6-10-8-5-3-2-4-7(8)9(12)11-6;4*1-2/h2*4-8H,1-3H3;2-6H,1H3,(H,11,12);2-5H,1H3,(H,10,11,12);4*1-2H3. The quantitative estimate of drug-likeness (QED) is 0.160. The normalized spacial score (nSPS) is 13.0. The van der Waals surface area contributed by atoms with Crippen molar-refractivity contribution < 1.29 is 9.47 Å². The summed E-state index contributed by atoms with van der Waals surface area (Å²) in [7, 11) is 0. The van der Waals surface area contributed by atoms with Gasteiger partial charge in [-0.05, 0) is 95.0 Å². The number of H-pyrrole nitrogens is 2. The molecule has 2 N–H and O–H groups in total.